The number of methoxy groups -OCH3 is 1. The first-order valence-corrected chi connectivity index (χ1v) is 12.0. The molecule has 0 saturated heterocycles. The van der Waals surface area contributed by atoms with Crippen molar-refractivity contribution in [3.05, 3.63) is 88.7 Å². The average Bonchev–Trinajstić information content (AvgIpc) is 2.77. The van der Waals surface area contributed by atoms with Gasteiger partial charge < -0.3 is 9.47 Å². The van der Waals surface area contributed by atoms with Gasteiger partial charge in [0.05, 0.1) is 33.3 Å². The summed E-state index contributed by atoms with van der Waals surface area (Å²) >= 11 is 22.7. The fourth-order valence-corrected chi connectivity index (χ4v) is 4.28. The van der Waals surface area contributed by atoms with Crippen LogP contribution in [0.3, 0.4) is 0 Å². The minimum absolute atomic E-state index is 0.274. The second-order valence-corrected chi connectivity index (χ2v) is 9.66. The maximum absolute atomic E-state index is 9.67. The smallest absolute Gasteiger partial charge is 0.177 e. The molecule has 31 heavy (non-hydrogen) atoms. The molecule has 0 aliphatic carbocycles. The Morgan fingerprint density at radius 2 is 1.71 bits per heavy atom. The van der Waals surface area contributed by atoms with Crippen molar-refractivity contribution in [2.45, 2.75) is 6.61 Å². The van der Waals surface area contributed by atoms with Crippen molar-refractivity contribution < 1.29 is 9.47 Å². The van der Waals surface area contributed by atoms with Crippen LogP contribution in [0, 0.1) is 11.3 Å². The van der Waals surface area contributed by atoms with Crippen LogP contribution in [0.25, 0.3) is 11.6 Å². The molecule has 3 rings (SSSR count). The van der Waals surface area contributed by atoms with Gasteiger partial charge in [0.25, 0.3) is 0 Å². The molecule has 8 heteroatoms. The van der Waals surface area contributed by atoms with Crippen molar-refractivity contribution in [1.29, 1.82) is 5.26 Å². The predicted molar refractivity (Wildman–Crippen MR) is 137 cm³/mol. The maximum atomic E-state index is 9.67. The van der Waals surface area contributed by atoms with Gasteiger partial charge in [0, 0.05) is 8.95 Å². The van der Waals surface area contributed by atoms with E-state index in [4.69, 9.17) is 32.7 Å². The van der Waals surface area contributed by atoms with Gasteiger partial charge >= 0.3 is 0 Å². The lowest BCUT2D eigenvalue weighted by Crippen LogP contribution is -2.00. The zero-order valence-corrected chi connectivity index (χ0v) is 22.3. The van der Waals surface area contributed by atoms with Crippen LogP contribution in [0.2, 0.25) is 10.0 Å². The van der Waals surface area contributed by atoms with Crippen LogP contribution in [0.15, 0.2) is 61.9 Å². The minimum atomic E-state index is 0.274. The first-order valence-electron chi connectivity index (χ1n) is 8.84. The lowest BCUT2D eigenvalue weighted by molar-refractivity contribution is 0.282. The van der Waals surface area contributed by atoms with E-state index in [1.54, 1.807) is 25.3 Å². The average molecular weight is 647 g/mol. The Morgan fingerprint density at radius 1 is 1.00 bits per heavy atom. The summed E-state index contributed by atoms with van der Waals surface area (Å²) in [5.74, 6) is 1.05. The second kappa shape index (κ2) is 10.9. The molecule has 0 aromatic heterocycles. The molecule has 0 atom stereocenters. The summed E-state index contributed by atoms with van der Waals surface area (Å²) in [4.78, 5) is 0. The Bertz CT molecular complexity index is 1190. The van der Waals surface area contributed by atoms with Gasteiger partial charge in [-0.1, -0.05) is 57.3 Å². The molecular formula is C23H14Br3Cl2NO2. The van der Waals surface area contributed by atoms with Crippen LogP contribution < -0.4 is 9.47 Å². The third-order valence-electron chi connectivity index (χ3n) is 4.32. The van der Waals surface area contributed by atoms with Crippen LogP contribution in [-0.4, -0.2) is 7.11 Å². The molecular weight excluding hydrogens is 633 g/mol. The number of hydrogen-bond acceptors (Lipinski definition) is 3. The molecule has 3 aromatic carbocycles. The lowest BCUT2D eigenvalue weighted by atomic mass is 10.0. The molecule has 3 nitrogen and oxygen atoms in total. The molecule has 0 amide bonds. The summed E-state index contributed by atoms with van der Waals surface area (Å²) in [7, 11) is 1.56. The molecule has 0 radical (unpaired) electrons. The van der Waals surface area contributed by atoms with Crippen LogP contribution in [0.1, 0.15) is 16.7 Å². The van der Waals surface area contributed by atoms with Gasteiger partial charge in [-0.05, 0) is 85.0 Å². The number of halogens is 5. The molecule has 0 N–H and O–H groups in total. The molecule has 0 spiro atoms. The van der Waals surface area contributed by atoms with Gasteiger partial charge in [-0.15, -0.1) is 0 Å². The third-order valence-corrected chi connectivity index (χ3v) is 7.73. The van der Waals surface area contributed by atoms with Crippen molar-refractivity contribution in [2.24, 2.45) is 0 Å². The quantitative estimate of drug-likeness (QED) is 0.198. The molecule has 0 aliphatic heterocycles. The van der Waals surface area contributed by atoms with Crippen LogP contribution >= 0.6 is 71.0 Å². The number of hydrogen-bond donors (Lipinski definition) is 0. The first kappa shape index (κ1) is 24.2. The van der Waals surface area contributed by atoms with Crippen molar-refractivity contribution >= 4 is 82.6 Å². The van der Waals surface area contributed by atoms with E-state index in [1.807, 2.05) is 36.4 Å². The van der Waals surface area contributed by atoms with Gasteiger partial charge in [-0.25, -0.2) is 0 Å². The minimum Gasteiger partial charge on any atom is -0.493 e. The Hall–Kier alpha value is -1.49. The summed E-state index contributed by atoms with van der Waals surface area (Å²) in [6.07, 6.45) is 1.79. The van der Waals surface area contributed by atoms with E-state index in [-0.39, 0.29) is 6.61 Å². The highest BCUT2D eigenvalue weighted by atomic mass is 79.9. The Labute approximate surface area is 216 Å². The lowest BCUT2D eigenvalue weighted by Gasteiger charge is -2.16. The zero-order chi connectivity index (χ0) is 22.5. The van der Waals surface area contributed by atoms with Crippen LogP contribution in [0.4, 0.5) is 0 Å². The summed E-state index contributed by atoms with van der Waals surface area (Å²) in [5, 5.41) is 10.6. The third kappa shape index (κ3) is 5.85. The highest BCUT2D eigenvalue weighted by Crippen LogP contribution is 2.44. The SMILES string of the molecule is COc1cc(/C=C(/C#N)c2ccc(Br)cc2)c(Br)c(Br)c1OCc1ccc(Cl)c(Cl)c1. The number of ether oxygens (including phenoxy) is 2. The normalized spacial score (nSPS) is 11.2. The van der Waals surface area contributed by atoms with Gasteiger partial charge in [-0.2, -0.15) is 5.26 Å². The number of benzene rings is 3. The van der Waals surface area contributed by atoms with Crippen molar-refractivity contribution in [2.75, 3.05) is 7.11 Å². The predicted octanol–water partition coefficient (Wildman–Crippen LogP) is 8.93. The van der Waals surface area contributed by atoms with E-state index in [0.717, 1.165) is 25.6 Å². The van der Waals surface area contributed by atoms with E-state index in [1.165, 1.54) is 0 Å². The van der Waals surface area contributed by atoms with Crippen LogP contribution in [-0.2, 0) is 6.61 Å². The summed E-state index contributed by atoms with van der Waals surface area (Å²) in [6.45, 7) is 0.274. The van der Waals surface area contributed by atoms with Gasteiger partial charge in [0.15, 0.2) is 11.5 Å². The fraction of sp³-hybridized carbons (Fsp3) is 0.0870. The number of allylic oxidation sites excluding steroid dienone is 1. The Morgan fingerprint density at radius 3 is 2.32 bits per heavy atom. The van der Waals surface area contributed by atoms with E-state index in [2.05, 4.69) is 53.9 Å². The second-order valence-electron chi connectivity index (χ2n) is 6.34. The molecule has 0 bridgehead atoms. The van der Waals surface area contributed by atoms with E-state index >= 15 is 0 Å². The number of nitriles is 1. The standard InChI is InChI=1S/C23H14Br3Cl2NO2/c1-30-20-10-15(9-16(11-29)14-3-5-17(24)6-4-14)21(25)22(26)23(20)31-12-13-2-7-18(27)19(28)8-13/h2-10H,12H2,1H3/b16-9-. The topological polar surface area (TPSA) is 42.2 Å². The molecule has 0 saturated carbocycles. The monoisotopic (exact) mass is 643 g/mol. The molecule has 0 unspecified atom stereocenters. The van der Waals surface area contributed by atoms with Gasteiger partial charge in [-0.3, -0.25) is 0 Å². The Kier molecular flexibility index (Phi) is 8.49. The number of rotatable bonds is 6. The van der Waals surface area contributed by atoms with Gasteiger partial charge in [0.1, 0.15) is 6.61 Å². The van der Waals surface area contributed by atoms with Crippen LogP contribution in [0.5, 0.6) is 11.5 Å². The molecule has 158 valence electrons. The number of nitrogens with zero attached hydrogens (tertiary/aromatic N) is 1. The molecule has 0 fully saturated rings. The van der Waals surface area contributed by atoms with E-state index < -0.39 is 0 Å². The highest BCUT2D eigenvalue weighted by Gasteiger charge is 2.17. The van der Waals surface area contributed by atoms with Crippen molar-refractivity contribution in [1.82, 2.24) is 0 Å². The van der Waals surface area contributed by atoms with E-state index in [9.17, 15) is 5.26 Å². The van der Waals surface area contributed by atoms with Gasteiger partial charge in [0.2, 0.25) is 0 Å². The van der Waals surface area contributed by atoms with Crippen molar-refractivity contribution in [3.8, 4) is 17.6 Å². The zero-order valence-electron chi connectivity index (χ0n) is 16.1. The fourth-order valence-electron chi connectivity index (χ4n) is 2.75. The molecule has 0 heterocycles. The largest absolute Gasteiger partial charge is 0.493 e. The van der Waals surface area contributed by atoms with Crippen molar-refractivity contribution in [3.63, 3.8) is 0 Å². The Balaban J connectivity index is 1.95. The summed E-state index contributed by atoms with van der Waals surface area (Å²) < 4.78 is 13.9. The van der Waals surface area contributed by atoms with E-state index in [0.29, 0.717) is 31.6 Å². The highest BCUT2D eigenvalue weighted by molar-refractivity contribution is 9.13. The first-order chi connectivity index (χ1) is 14.8. The summed E-state index contributed by atoms with van der Waals surface area (Å²) in [6, 6.07) is 17.0. The summed E-state index contributed by atoms with van der Waals surface area (Å²) in [5.41, 5.74) is 2.97. The molecule has 3 aromatic rings. The maximum Gasteiger partial charge on any atom is 0.177 e. The molecule has 0 aliphatic rings.